The van der Waals surface area contributed by atoms with Gasteiger partial charge in [-0.25, -0.2) is 0 Å². The van der Waals surface area contributed by atoms with Gasteiger partial charge in [-0.3, -0.25) is 4.90 Å². The second kappa shape index (κ2) is 4.86. The van der Waals surface area contributed by atoms with E-state index in [-0.39, 0.29) is 11.5 Å². The van der Waals surface area contributed by atoms with Crippen molar-refractivity contribution in [3.63, 3.8) is 0 Å². The minimum Gasteiger partial charge on any atom is -0.326 e. The van der Waals surface area contributed by atoms with Crippen molar-refractivity contribution >= 4 is 11.8 Å². The predicted octanol–water partition coefficient (Wildman–Crippen LogP) is 1.80. The van der Waals surface area contributed by atoms with Crippen LogP contribution in [0.15, 0.2) is 0 Å². The minimum absolute atomic E-state index is 0.226. The molecule has 2 nitrogen and oxygen atoms in total. The van der Waals surface area contributed by atoms with Crippen molar-refractivity contribution in [3.05, 3.63) is 0 Å². The van der Waals surface area contributed by atoms with Gasteiger partial charge in [0.05, 0.1) is 0 Å². The zero-order valence-corrected chi connectivity index (χ0v) is 10.7. The fraction of sp³-hybridized carbons (Fsp3) is 1.00. The molecule has 14 heavy (non-hydrogen) atoms. The summed E-state index contributed by atoms with van der Waals surface area (Å²) in [5.74, 6) is 2.53. The van der Waals surface area contributed by atoms with Gasteiger partial charge in [0, 0.05) is 36.7 Å². The van der Waals surface area contributed by atoms with E-state index < -0.39 is 0 Å². The summed E-state index contributed by atoms with van der Waals surface area (Å²) >= 11 is 2.06. The Hall–Kier alpha value is 0.270. The molecule has 0 spiro atoms. The molecule has 2 unspecified atom stereocenters. The number of thioether (sulfide) groups is 1. The first-order valence-corrected chi connectivity index (χ1v) is 6.64. The Morgan fingerprint density at radius 3 is 2.64 bits per heavy atom. The fourth-order valence-corrected chi connectivity index (χ4v) is 2.64. The molecule has 0 aromatic heterocycles. The van der Waals surface area contributed by atoms with Crippen LogP contribution in [0.5, 0.6) is 0 Å². The van der Waals surface area contributed by atoms with E-state index in [0.29, 0.717) is 6.04 Å². The largest absolute Gasteiger partial charge is 0.326 e. The van der Waals surface area contributed by atoms with Crippen LogP contribution in [0, 0.1) is 5.41 Å². The highest BCUT2D eigenvalue weighted by molar-refractivity contribution is 7.99. The molecule has 1 rings (SSSR count). The second-order valence-corrected chi connectivity index (χ2v) is 6.54. The fourth-order valence-electron chi connectivity index (χ4n) is 1.56. The smallest absolute Gasteiger partial charge is 0.0217 e. The average Bonchev–Trinajstić information content (AvgIpc) is 2.07. The average molecular weight is 216 g/mol. The number of nitrogens with zero attached hydrogens (tertiary/aromatic N) is 1. The molecular formula is C11H24N2S. The van der Waals surface area contributed by atoms with Gasteiger partial charge in [-0.15, -0.1) is 0 Å². The second-order valence-electron chi connectivity index (χ2n) is 5.39. The SMILES string of the molecule is CC1CSCCN1CC(N)C(C)(C)C. The lowest BCUT2D eigenvalue weighted by molar-refractivity contribution is 0.173. The van der Waals surface area contributed by atoms with Gasteiger partial charge < -0.3 is 5.73 Å². The van der Waals surface area contributed by atoms with Gasteiger partial charge in [0.25, 0.3) is 0 Å². The summed E-state index contributed by atoms with van der Waals surface area (Å²) in [7, 11) is 0. The zero-order valence-electron chi connectivity index (χ0n) is 9.92. The molecule has 84 valence electrons. The summed E-state index contributed by atoms with van der Waals surface area (Å²) in [4.78, 5) is 2.53. The van der Waals surface area contributed by atoms with Gasteiger partial charge in [0.1, 0.15) is 0 Å². The van der Waals surface area contributed by atoms with Crippen LogP contribution in [0.2, 0.25) is 0 Å². The summed E-state index contributed by atoms with van der Waals surface area (Å²) in [5.41, 5.74) is 6.42. The Morgan fingerprint density at radius 2 is 2.14 bits per heavy atom. The van der Waals surface area contributed by atoms with Crippen molar-refractivity contribution in [3.8, 4) is 0 Å². The molecular weight excluding hydrogens is 192 g/mol. The van der Waals surface area contributed by atoms with Gasteiger partial charge in [-0.1, -0.05) is 20.8 Å². The number of hydrogen-bond acceptors (Lipinski definition) is 3. The standard InChI is InChI=1S/C11H24N2S/c1-9-8-14-6-5-13(9)7-10(12)11(2,3)4/h9-10H,5-8,12H2,1-4H3. The van der Waals surface area contributed by atoms with Gasteiger partial charge >= 0.3 is 0 Å². The molecule has 2 N–H and O–H groups in total. The summed E-state index contributed by atoms with van der Waals surface area (Å²) in [6.45, 7) is 11.2. The van der Waals surface area contributed by atoms with E-state index in [4.69, 9.17) is 5.73 Å². The normalized spacial score (nSPS) is 27.6. The maximum atomic E-state index is 6.20. The van der Waals surface area contributed by atoms with Crippen LogP contribution in [-0.4, -0.2) is 41.6 Å². The highest BCUT2D eigenvalue weighted by Crippen LogP contribution is 2.21. The lowest BCUT2D eigenvalue weighted by Crippen LogP contribution is -2.50. The molecule has 0 aromatic rings. The molecule has 0 amide bonds. The Morgan fingerprint density at radius 1 is 1.50 bits per heavy atom. The van der Waals surface area contributed by atoms with Crippen molar-refractivity contribution < 1.29 is 0 Å². The quantitative estimate of drug-likeness (QED) is 0.763. The molecule has 1 aliphatic heterocycles. The molecule has 1 aliphatic rings. The first kappa shape index (κ1) is 12.3. The molecule has 2 atom stereocenters. The van der Waals surface area contributed by atoms with E-state index in [1.165, 1.54) is 18.1 Å². The van der Waals surface area contributed by atoms with Crippen LogP contribution < -0.4 is 5.73 Å². The van der Waals surface area contributed by atoms with Crippen LogP contribution in [0.3, 0.4) is 0 Å². The van der Waals surface area contributed by atoms with Crippen molar-refractivity contribution in [2.45, 2.75) is 39.8 Å². The first-order chi connectivity index (χ1) is 6.41. The van der Waals surface area contributed by atoms with Crippen molar-refractivity contribution in [1.29, 1.82) is 0 Å². The van der Waals surface area contributed by atoms with Crippen LogP contribution in [0.25, 0.3) is 0 Å². The predicted molar refractivity (Wildman–Crippen MR) is 65.8 cm³/mol. The third-order valence-corrected chi connectivity index (χ3v) is 4.24. The Kier molecular flexibility index (Phi) is 4.29. The number of rotatable bonds is 2. The van der Waals surface area contributed by atoms with Gasteiger partial charge in [-0.2, -0.15) is 11.8 Å². The third-order valence-electron chi connectivity index (χ3n) is 3.05. The van der Waals surface area contributed by atoms with Gasteiger partial charge in [0.15, 0.2) is 0 Å². The Bertz CT molecular complexity index is 177. The van der Waals surface area contributed by atoms with Crippen LogP contribution in [-0.2, 0) is 0 Å². The molecule has 0 aromatic carbocycles. The Labute approximate surface area is 92.6 Å². The maximum Gasteiger partial charge on any atom is 0.0217 e. The molecule has 1 fully saturated rings. The highest BCUT2D eigenvalue weighted by atomic mass is 32.2. The third kappa shape index (κ3) is 3.44. The maximum absolute atomic E-state index is 6.20. The van der Waals surface area contributed by atoms with E-state index in [1.807, 2.05) is 0 Å². The summed E-state index contributed by atoms with van der Waals surface area (Å²) < 4.78 is 0. The first-order valence-electron chi connectivity index (χ1n) is 5.48. The van der Waals surface area contributed by atoms with E-state index in [1.54, 1.807) is 0 Å². The van der Waals surface area contributed by atoms with Gasteiger partial charge in [0.2, 0.25) is 0 Å². The molecule has 0 aliphatic carbocycles. The van der Waals surface area contributed by atoms with Crippen LogP contribution >= 0.6 is 11.8 Å². The molecule has 1 heterocycles. The van der Waals surface area contributed by atoms with E-state index >= 15 is 0 Å². The van der Waals surface area contributed by atoms with E-state index in [2.05, 4.69) is 44.4 Å². The molecule has 1 saturated heterocycles. The topological polar surface area (TPSA) is 29.3 Å². The van der Waals surface area contributed by atoms with Crippen molar-refractivity contribution in [2.24, 2.45) is 11.1 Å². The summed E-state index contributed by atoms with van der Waals surface area (Å²) in [5, 5.41) is 0. The number of nitrogens with two attached hydrogens (primary N) is 1. The lowest BCUT2D eigenvalue weighted by Gasteiger charge is -2.38. The molecule has 0 saturated carbocycles. The minimum atomic E-state index is 0.226. The zero-order chi connectivity index (χ0) is 10.8. The van der Waals surface area contributed by atoms with Gasteiger partial charge in [-0.05, 0) is 12.3 Å². The van der Waals surface area contributed by atoms with Crippen molar-refractivity contribution in [1.82, 2.24) is 4.90 Å². The monoisotopic (exact) mass is 216 g/mol. The van der Waals surface area contributed by atoms with Crippen molar-refractivity contribution in [2.75, 3.05) is 24.6 Å². The highest BCUT2D eigenvalue weighted by Gasteiger charge is 2.26. The number of hydrogen-bond donors (Lipinski definition) is 1. The molecule has 3 heteroatoms. The van der Waals surface area contributed by atoms with Crippen LogP contribution in [0.4, 0.5) is 0 Å². The van der Waals surface area contributed by atoms with Crippen LogP contribution in [0.1, 0.15) is 27.7 Å². The summed E-state index contributed by atoms with van der Waals surface area (Å²) in [6, 6.07) is 0.982. The van der Waals surface area contributed by atoms with E-state index in [9.17, 15) is 0 Å². The Balaban J connectivity index is 2.42. The summed E-state index contributed by atoms with van der Waals surface area (Å²) in [6.07, 6.45) is 0. The molecule has 0 bridgehead atoms. The molecule has 0 radical (unpaired) electrons. The van der Waals surface area contributed by atoms with E-state index in [0.717, 1.165) is 6.54 Å². The lowest BCUT2D eigenvalue weighted by atomic mass is 9.87.